The van der Waals surface area contributed by atoms with Gasteiger partial charge in [0, 0.05) is 19.8 Å². The van der Waals surface area contributed by atoms with Crippen LogP contribution in [-0.2, 0) is 42.8 Å². The van der Waals surface area contributed by atoms with Crippen LogP contribution in [0.25, 0.3) is 11.2 Å². The highest BCUT2D eigenvalue weighted by atomic mass is 16.9. The van der Waals surface area contributed by atoms with Crippen LogP contribution in [0.5, 0.6) is 0 Å². The van der Waals surface area contributed by atoms with Gasteiger partial charge >= 0.3 is 11.9 Å². The molecule has 4 atom stereocenters. The zero-order valence-corrected chi connectivity index (χ0v) is 21.9. The maximum atomic E-state index is 12.2. The van der Waals surface area contributed by atoms with E-state index in [0.717, 1.165) is 0 Å². The minimum atomic E-state index is -1.33. The molecule has 0 unspecified atom stereocenters. The number of amides is 1. The zero-order chi connectivity index (χ0) is 27.8. The molecule has 0 aliphatic carbocycles. The largest absolute Gasteiger partial charge is 0.463 e. The summed E-state index contributed by atoms with van der Waals surface area (Å²) in [4.78, 5) is 47.0. The van der Waals surface area contributed by atoms with Crippen LogP contribution in [0.2, 0.25) is 0 Å². The molecule has 1 amide bonds. The zero-order valence-electron chi connectivity index (χ0n) is 21.9. The van der Waals surface area contributed by atoms with Crippen LogP contribution in [0.15, 0.2) is 12.7 Å². The first-order valence-corrected chi connectivity index (χ1v) is 12.1. The van der Waals surface area contributed by atoms with E-state index in [0.29, 0.717) is 11.2 Å². The van der Waals surface area contributed by atoms with Crippen molar-refractivity contribution in [3.63, 3.8) is 0 Å². The predicted octanol–water partition coefficient (Wildman–Crippen LogP) is 0.527. The minimum absolute atomic E-state index is 0.0556. The lowest BCUT2D eigenvalue weighted by Crippen LogP contribution is -2.39. The number of aliphatic hydroxyl groups is 1. The fourth-order valence-electron chi connectivity index (χ4n) is 3.49. The molecule has 0 aromatic carbocycles. The Kier molecular flexibility index (Phi) is 10.4. The molecule has 2 aromatic rings. The first-order valence-electron chi connectivity index (χ1n) is 12.1. The number of esters is 2. The molecule has 2 N–H and O–H groups in total. The fourth-order valence-corrected chi connectivity index (χ4v) is 3.49. The first kappa shape index (κ1) is 29.3. The van der Waals surface area contributed by atoms with Crippen LogP contribution >= 0.6 is 0 Å². The Morgan fingerprint density at radius 1 is 1.05 bits per heavy atom. The summed E-state index contributed by atoms with van der Waals surface area (Å²) in [7, 11) is 0. The Hall–Kier alpha value is -3.24. The average molecular weight is 540 g/mol. The Labute approximate surface area is 218 Å². The number of aromatic nitrogens is 4. The molecule has 3 rings (SSSR count). The quantitative estimate of drug-likeness (QED) is 0.204. The number of carbonyl (C=O) groups excluding carboxylic acids is 3. The van der Waals surface area contributed by atoms with Crippen molar-refractivity contribution in [2.24, 2.45) is 5.92 Å². The van der Waals surface area contributed by atoms with Gasteiger partial charge in [-0.25, -0.2) is 15.0 Å². The van der Waals surface area contributed by atoms with Crippen molar-refractivity contribution in [3.05, 3.63) is 12.7 Å². The number of anilines is 1. The average Bonchev–Trinajstić information content (AvgIpc) is 3.40. The molecule has 0 bridgehead atoms. The summed E-state index contributed by atoms with van der Waals surface area (Å²) in [6, 6.07) is 0. The van der Waals surface area contributed by atoms with E-state index in [2.05, 4.69) is 20.3 Å². The molecule has 1 aliphatic rings. The van der Waals surface area contributed by atoms with Gasteiger partial charge in [-0.15, -0.1) is 0 Å². The predicted molar refractivity (Wildman–Crippen MR) is 128 cm³/mol. The molecule has 3 heterocycles. The summed E-state index contributed by atoms with van der Waals surface area (Å²) >= 11 is 0. The van der Waals surface area contributed by atoms with Crippen LogP contribution in [-0.4, -0.2) is 93.7 Å². The number of hydrogen-bond acceptors (Lipinski definition) is 13. The lowest BCUT2D eigenvalue weighted by atomic mass is 10.1. The molecule has 0 spiro atoms. The van der Waals surface area contributed by atoms with Gasteiger partial charge in [0.15, 0.2) is 23.2 Å². The number of hydrogen-bond donors (Lipinski definition) is 2. The number of nitrogens with one attached hydrogen (secondary N) is 1. The third kappa shape index (κ3) is 7.64. The number of imidazole rings is 1. The Balaban J connectivity index is 1.80. The van der Waals surface area contributed by atoms with E-state index < -0.39 is 43.0 Å². The van der Waals surface area contributed by atoms with Crippen LogP contribution in [0.1, 0.15) is 40.8 Å². The van der Waals surface area contributed by atoms with Gasteiger partial charge in [0.05, 0.1) is 25.6 Å². The molecular formula is C23H33N5O10. The molecule has 15 heteroatoms. The molecule has 0 saturated carbocycles. The van der Waals surface area contributed by atoms with Gasteiger partial charge < -0.3 is 38.8 Å². The van der Waals surface area contributed by atoms with E-state index in [1.165, 1.54) is 26.5 Å². The Morgan fingerprint density at radius 3 is 2.26 bits per heavy atom. The highest BCUT2D eigenvalue weighted by molar-refractivity contribution is 5.97. The second-order valence-corrected chi connectivity index (χ2v) is 8.72. The van der Waals surface area contributed by atoms with Gasteiger partial charge in [0.25, 0.3) is 6.48 Å². The van der Waals surface area contributed by atoms with Crippen LogP contribution in [0, 0.1) is 5.92 Å². The smallest absolute Gasteiger partial charge is 0.302 e. The number of aliphatic hydroxyl groups excluding tert-OH is 1. The number of fused-ring (bicyclic) bond motifs is 1. The molecule has 210 valence electrons. The Bertz CT molecular complexity index is 1090. The third-order valence-electron chi connectivity index (χ3n) is 5.41. The van der Waals surface area contributed by atoms with Crippen molar-refractivity contribution in [1.29, 1.82) is 0 Å². The van der Waals surface area contributed by atoms with E-state index in [1.54, 1.807) is 25.3 Å². The van der Waals surface area contributed by atoms with Gasteiger partial charge in [-0.2, -0.15) is 0 Å². The van der Waals surface area contributed by atoms with Crippen LogP contribution < -0.4 is 5.32 Å². The van der Waals surface area contributed by atoms with E-state index >= 15 is 0 Å². The van der Waals surface area contributed by atoms with Crippen molar-refractivity contribution in [2.45, 2.75) is 65.6 Å². The van der Waals surface area contributed by atoms with Crippen molar-refractivity contribution >= 4 is 34.8 Å². The Morgan fingerprint density at radius 2 is 1.68 bits per heavy atom. The lowest BCUT2D eigenvalue weighted by molar-refractivity contribution is -0.320. The molecule has 15 nitrogen and oxygen atoms in total. The van der Waals surface area contributed by atoms with Crippen LogP contribution in [0.3, 0.4) is 0 Å². The molecular weight excluding hydrogens is 506 g/mol. The van der Waals surface area contributed by atoms with Crippen molar-refractivity contribution in [3.8, 4) is 0 Å². The molecule has 1 aliphatic heterocycles. The SMILES string of the molecule is CC(=O)OCCOC(OCCOC(C)=O)O[C@@H]1[C@H](O)[C@@H](C)O[C@H]1n1cnc2c(NC(=O)C(C)C)ncnc21. The summed E-state index contributed by atoms with van der Waals surface area (Å²) < 4.78 is 34.3. The van der Waals surface area contributed by atoms with Gasteiger partial charge in [-0.1, -0.05) is 13.8 Å². The minimum Gasteiger partial charge on any atom is -0.463 e. The summed E-state index contributed by atoms with van der Waals surface area (Å²) in [5.74, 6) is -1.23. The van der Waals surface area contributed by atoms with E-state index in [-0.39, 0.29) is 44.1 Å². The second kappa shape index (κ2) is 13.5. The van der Waals surface area contributed by atoms with Gasteiger partial charge in [-0.3, -0.25) is 19.0 Å². The maximum Gasteiger partial charge on any atom is 0.302 e. The van der Waals surface area contributed by atoms with E-state index in [4.69, 9.17) is 28.4 Å². The topological polar surface area (TPSA) is 182 Å². The maximum absolute atomic E-state index is 12.2. The molecule has 1 fully saturated rings. The van der Waals surface area contributed by atoms with Gasteiger partial charge in [0.1, 0.15) is 31.7 Å². The summed E-state index contributed by atoms with van der Waals surface area (Å²) in [6.45, 7) is 6.12. The number of carbonyl (C=O) groups is 3. The van der Waals surface area contributed by atoms with E-state index in [9.17, 15) is 19.5 Å². The monoisotopic (exact) mass is 539 g/mol. The van der Waals surface area contributed by atoms with E-state index in [1.807, 2.05) is 0 Å². The third-order valence-corrected chi connectivity index (χ3v) is 5.41. The lowest BCUT2D eigenvalue weighted by Gasteiger charge is -2.27. The first-order chi connectivity index (χ1) is 18.1. The highest BCUT2D eigenvalue weighted by Gasteiger charge is 2.45. The second-order valence-electron chi connectivity index (χ2n) is 8.72. The van der Waals surface area contributed by atoms with Crippen molar-refractivity contribution in [2.75, 3.05) is 31.7 Å². The molecule has 0 radical (unpaired) electrons. The fraction of sp³-hybridized carbons (Fsp3) is 0.652. The van der Waals surface area contributed by atoms with Crippen molar-refractivity contribution < 1.29 is 47.9 Å². The van der Waals surface area contributed by atoms with Gasteiger partial charge in [-0.05, 0) is 6.92 Å². The van der Waals surface area contributed by atoms with Crippen LogP contribution in [0.4, 0.5) is 5.82 Å². The number of ether oxygens (including phenoxy) is 6. The van der Waals surface area contributed by atoms with Crippen molar-refractivity contribution in [1.82, 2.24) is 19.5 Å². The number of nitrogens with zero attached hydrogens (tertiary/aromatic N) is 4. The summed E-state index contributed by atoms with van der Waals surface area (Å²) in [6.07, 6.45) is -0.957. The summed E-state index contributed by atoms with van der Waals surface area (Å²) in [5.41, 5.74) is 0.659. The normalized spacial score (nSPS) is 21.3. The molecule has 38 heavy (non-hydrogen) atoms. The number of rotatable bonds is 13. The summed E-state index contributed by atoms with van der Waals surface area (Å²) in [5, 5.41) is 13.6. The standard InChI is InChI=1S/C23H33N5O10/c1-12(2)21(32)27-19-16-20(25-10-24-19)28(11-26-16)22-18(17(31)13(3)37-22)38-23(35-8-6-33-14(4)29)36-9-7-34-15(5)30/h10-13,17-18,22-23,31H,6-9H2,1-5H3,(H,24,25,27,32)/t13-,17-,18-,22-/m1/s1. The highest BCUT2D eigenvalue weighted by Crippen LogP contribution is 2.35. The van der Waals surface area contributed by atoms with Gasteiger partial charge in [0.2, 0.25) is 5.91 Å². The molecule has 1 saturated heterocycles. The molecule has 2 aromatic heterocycles.